The van der Waals surface area contributed by atoms with Crippen LogP contribution in [-0.2, 0) is 0 Å². The molecule has 9 heteroatoms. The van der Waals surface area contributed by atoms with Crippen molar-refractivity contribution in [2.75, 3.05) is 11.9 Å². The number of rotatable bonds is 5. The molecule has 0 aliphatic carbocycles. The van der Waals surface area contributed by atoms with Crippen LogP contribution in [0.2, 0.25) is 0 Å². The predicted octanol–water partition coefficient (Wildman–Crippen LogP) is 4.82. The van der Waals surface area contributed by atoms with Crippen molar-refractivity contribution in [3.63, 3.8) is 0 Å². The molecule has 0 aliphatic heterocycles. The van der Waals surface area contributed by atoms with Crippen LogP contribution < -0.4 is 10.1 Å². The number of anilines is 1. The smallest absolute Gasteiger partial charge is 0.422 e. The molecule has 0 unspecified atom stereocenters. The number of hydrogen-bond donors (Lipinski definition) is 1. The van der Waals surface area contributed by atoms with Gasteiger partial charge in [-0.25, -0.2) is 9.07 Å². The third kappa shape index (κ3) is 4.92. The van der Waals surface area contributed by atoms with Gasteiger partial charge in [-0.15, -0.1) is 0 Å². The number of amides is 1. The monoisotopic (exact) mass is 407 g/mol. The first kappa shape index (κ1) is 20.4. The van der Waals surface area contributed by atoms with E-state index < -0.39 is 18.7 Å². The summed E-state index contributed by atoms with van der Waals surface area (Å²) in [5.74, 6) is -0.759. The van der Waals surface area contributed by atoms with Gasteiger partial charge in [-0.3, -0.25) is 4.79 Å². The molecule has 29 heavy (non-hydrogen) atoms. The minimum absolute atomic E-state index is 0.0387. The van der Waals surface area contributed by atoms with Crippen LogP contribution in [0, 0.1) is 19.7 Å². The van der Waals surface area contributed by atoms with Gasteiger partial charge in [0.1, 0.15) is 11.6 Å². The Labute approximate surface area is 163 Å². The summed E-state index contributed by atoms with van der Waals surface area (Å²) >= 11 is 0. The predicted molar refractivity (Wildman–Crippen MR) is 98.9 cm³/mol. The molecule has 0 radical (unpaired) electrons. The molecule has 2 aromatic carbocycles. The van der Waals surface area contributed by atoms with Crippen LogP contribution in [0.25, 0.3) is 5.69 Å². The number of carbonyl (C=O) groups is 1. The van der Waals surface area contributed by atoms with Gasteiger partial charge >= 0.3 is 6.18 Å². The first-order valence-corrected chi connectivity index (χ1v) is 8.57. The van der Waals surface area contributed by atoms with Gasteiger partial charge in [-0.2, -0.15) is 18.3 Å². The van der Waals surface area contributed by atoms with Crippen LogP contribution in [0.1, 0.15) is 21.7 Å². The minimum atomic E-state index is -4.42. The molecule has 152 valence electrons. The lowest BCUT2D eigenvalue weighted by Crippen LogP contribution is -2.19. The number of nitrogens with zero attached hydrogens (tertiary/aromatic N) is 2. The number of halogens is 4. The van der Waals surface area contributed by atoms with Crippen LogP contribution in [0.3, 0.4) is 0 Å². The molecule has 3 rings (SSSR count). The molecule has 0 aliphatic rings. The van der Waals surface area contributed by atoms with Gasteiger partial charge in [-0.1, -0.05) is 0 Å². The first-order valence-electron chi connectivity index (χ1n) is 8.57. The Hall–Kier alpha value is -3.36. The van der Waals surface area contributed by atoms with E-state index in [4.69, 9.17) is 0 Å². The van der Waals surface area contributed by atoms with Crippen molar-refractivity contribution in [3.05, 3.63) is 71.3 Å². The zero-order valence-electron chi connectivity index (χ0n) is 15.5. The molecule has 0 bridgehead atoms. The molecule has 1 heterocycles. The van der Waals surface area contributed by atoms with E-state index in [0.29, 0.717) is 28.3 Å². The highest BCUT2D eigenvalue weighted by molar-refractivity contribution is 6.06. The van der Waals surface area contributed by atoms with Crippen LogP contribution in [-0.4, -0.2) is 28.5 Å². The van der Waals surface area contributed by atoms with Gasteiger partial charge in [0.25, 0.3) is 5.91 Å². The molecule has 0 fully saturated rings. The topological polar surface area (TPSA) is 56.2 Å². The number of hydrogen-bond acceptors (Lipinski definition) is 3. The van der Waals surface area contributed by atoms with E-state index in [-0.39, 0.29) is 11.6 Å². The summed E-state index contributed by atoms with van der Waals surface area (Å²) in [6.45, 7) is 2.00. The standard InChI is InChI=1S/C20H17F4N3O2/c1-12-18(13(2)27(26-12)16-7-3-14(21)4-8-16)19(28)25-15-5-9-17(10-6-15)29-11-20(22,23)24/h3-10H,11H2,1-2H3,(H,25,28). The van der Waals surface area contributed by atoms with Crippen LogP contribution in [0.4, 0.5) is 23.2 Å². The Balaban J connectivity index is 1.75. The summed E-state index contributed by atoms with van der Waals surface area (Å²) in [5.41, 5.74) is 2.40. The minimum Gasteiger partial charge on any atom is -0.484 e. The van der Waals surface area contributed by atoms with E-state index in [9.17, 15) is 22.4 Å². The molecule has 0 spiro atoms. The second kappa shape index (κ2) is 7.94. The largest absolute Gasteiger partial charge is 0.484 e. The van der Waals surface area contributed by atoms with Crippen molar-refractivity contribution in [2.45, 2.75) is 20.0 Å². The second-order valence-corrected chi connectivity index (χ2v) is 6.32. The summed E-state index contributed by atoms with van der Waals surface area (Å²) in [4.78, 5) is 12.7. The molecular formula is C20H17F4N3O2. The number of carbonyl (C=O) groups excluding carboxylic acids is 1. The van der Waals surface area contributed by atoms with Gasteiger partial charge in [-0.05, 0) is 62.4 Å². The fourth-order valence-corrected chi connectivity index (χ4v) is 2.80. The van der Waals surface area contributed by atoms with Gasteiger partial charge in [0, 0.05) is 5.69 Å². The SMILES string of the molecule is Cc1nn(-c2ccc(F)cc2)c(C)c1C(=O)Nc1ccc(OCC(F)(F)F)cc1. The third-order valence-electron chi connectivity index (χ3n) is 4.10. The Kier molecular flexibility index (Phi) is 5.58. The van der Waals surface area contributed by atoms with Crippen molar-refractivity contribution in [1.29, 1.82) is 0 Å². The van der Waals surface area contributed by atoms with Crippen molar-refractivity contribution < 1.29 is 27.1 Å². The van der Waals surface area contributed by atoms with E-state index >= 15 is 0 Å². The van der Waals surface area contributed by atoms with Crippen molar-refractivity contribution >= 4 is 11.6 Å². The summed E-state index contributed by atoms with van der Waals surface area (Å²) in [6, 6.07) is 11.3. The lowest BCUT2D eigenvalue weighted by atomic mass is 10.1. The Morgan fingerprint density at radius 3 is 2.28 bits per heavy atom. The molecule has 3 aromatic rings. The van der Waals surface area contributed by atoms with Gasteiger partial charge in [0.05, 0.1) is 22.6 Å². The summed E-state index contributed by atoms with van der Waals surface area (Å²) in [5, 5.41) is 7.02. The summed E-state index contributed by atoms with van der Waals surface area (Å²) < 4.78 is 55.9. The Bertz CT molecular complexity index is 1010. The quantitative estimate of drug-likeness (QED) is 0.617. The molecule has 0 saturated heterocycles. The van der Waals surface area contributed by atoms with Crippen molar-refractivity contribution in [3.8, 4) is 11.4 Å². The molecule has 0 saturated carbocycles. The molecular weight excluding hydrogens is 390 g/mol. The molecule has 1 amide bonds. The zero-order valence-corrected chi connectivity index (χ0v) is 15.5. The number of aryl methyl sites for hydroxylation is 1. The van der Waals surface area contributed by atoms with Crippen molar-refractivity contribution in [2.24, 2.45) is 0 Å². The van der Waals surface area contributed by atoms with Crippen molar-refractivity contribution in [1.82, 2.24) is 9.78 Å². The Morgan fingerprint density at radius 2 is 1.69 bits per heavy atom. The number of nitrogens with one attached hydrogen (secondary N) is 1. The average Bonchev–Trinajstić information content (AvgIpc) is 2.95. The molecule has 5 nitrogen and oxygen atoms in total. The Morgan fingerprint density at radius 1 is 1.07 bits per heavy atom. The lowest BCUT2D eigenvalue weighted by molar-refractivity contribution is -0.153. The van der Waals surface area contributed by atoms with Crippen LogP contribution >= 0.6 is 0 Å². The highest BCUT2D eigenvalue weighted by Gasteiger charge is 2.28. The average molecular weight is 407 g/mol. The highest BCUT2D eigenvalue weighted by atomic mass is 19.4. The fourth-order valence-electron chi connectivity index (χ4n) is 2.80. The van der Waals surface area contributed by atoms with E-state index in [1.165, 1.54) is 41.1 Å². The van der Waals surface area contributed by atoms with Gasteiger partial charge in [0.15, 0.2) is 6.61 Å². The summed E-state index contributed by atoms with van der Waals surface area (Å²) in [7, 11) is 0. The number of ether oxygens (including phenoxy) is 1. The lowest BCUT2D eigenvalue weighted by Gasteiger charge is -2.10. The van der Waals surface area contributed by atoms with Crippen LogP contribution in [0.15, 0.2) is 48.5 Å². The van der Waals surface area contributed by atoms with E-state index in [2.05, 4.69) is 15.2 Å². The fraction of sp³-hybridized carbons (Fsp3) is 0.200. The first-order chi connectivity index (χ1) is 13.6. The normalized spacial score (nSPS) is 11.4. The van der Waals surface area contributed by atoms with E-state index in [1.807, 2.05) is 0 Å². The van der Waals surface area contributed by atoms with Gasteiger partial charge < -0.3 is 10.1 Å². The maximum Gasteiger partial charge on any atom is 0.422 e. The number of benzene rings is 2. The maximum absolute atomic E-state index is 13.1. The second-order valence-electron chi connectivity index (χ2n) is 6.32. The summed E-state index contributed by atoms with van der Waals surface area (Å²) in [6.07, 6.45) is -4.42. The molecule has 1 N–H and O–H groups in total. The van der Waals surface area contributed by atoms with Gasteiger partial charge in [0.2, 0.25) is 0 Å². The zero-order chi connectivity index (χ0) is 21.2. The highest BCUT2D eigenvalue weighted by Crippen LogP contribution is 2.22. The molecule has 1 aromatic heterocycles. The number of aromatic nitrogens is 2. The van der Waals surface area contributed by atoms with Crippen LogP contribution in [0.5, 0.6) is 5.75 Å². The third-order valence-corrected chi connectivity index (χ3v) is 4.10. The number of alkyl halides is 3. The van der Waals surface area contributed by atoms with E-state index in [1.54, 1.807) is 26.0 Å². The molecule has 0 atom stereocenters. The maximum atomic E-state index is 13.1. The van der Waals surface area contributed by atoms with E-state index in [0.717, 1.165) is 0 Å².